The third-order valence-corrected chi connectivity index (χ3v) is 7.08. The van der Waals surface area contributed by atoms with Gasteiger partial charge in [0.25, 0.3) is 0 Å². The van der Waals surface area contributed by atoms with Crippen LogP contribution in [0.2, 0.25) is 0 Å². The first-order valence-corrected chi connectivity index (χ1v) is 10.6. The molecule has 0 saturated heterocycles. The van der Waals surface area contributed by atoms with Crippen LogP contribution in [0.4, 0.5) is 0 Å². The van der Waals surface area contributed by atoms with Crippen molar-refractivity contribution in [2.45, 2.75) is 70.4 Å². The number of fused-ring (bicyclic) bond motifs is 2. The second kappa shape index (κ2) is 8.67. The van der Waals surface area contributed by atoms with E-state index in [1.807, 2.05) is 0 Å². The highest BCUT2D eigenvalue weighted by Crippen LogP contribution is 2.53. The Balaban J connectivity index is 1.63. The smallest absolute Gasteiger partial charge is 0.344 e. The predicted molar refractivity (Wildman–Crippen MR) is 107 cm³/mol. The summed E-state index contributed by atoms with van der Waals surface area (Å²) < 4.78 is 10.4. The average Bonchev–Trinajstić information content (AvgIpc) is 3.40. The molecule has 2 N–H and O–H groups in total. The number of hydrogen-bond acceptors (Lipinski definition) is 6. The molecule has 3 fully saturated rings. The molecular formula is C22H32N2O5. The standard InChI is InChI=1S/C22H32N2O5/c1-4-22(7-5-6-8-22)24-20(26)19-15-9-14(16(19)11-23)10-17(15)29-18(25)12-28-21(27)13(2)3/h11,14-17,19,23H,2,4-10,12H2,1,3H3,(H,24,26). The monoisotopic (exact) mass is 404 g/mol. The maximum Gasteiger partial charge on any atom is 0.344 e. The Labute approximate surface area is 172 Å². The van der Waals surface area contributed by atoms with Gasteiger partial charge in [0.2, 0.25) is 5.91 Å². The first kappa shape index (κ1) is 21.5. The summed E-state index contributed by atoms with van der Waals surface area (Å²) >= 11 is 0. The fourth-order valence-electron chi connectivity index (χ4n) is 5.50. The van der Waals surface area contributed by atoms with E-state index in [0.29, 0.717) is 6.42 Å². The van der Waals surface area contributed by atoms with Gasteiger partial charge in [-0.05, 0) is 51.2 Å². The summed E-state index contributed by atoms with van der Waals surface area (Å²) in [6.07, 6.45) is 7.61. The van der Waals surface area contributed by atoms with E-state index in [2.05, 4.69) is 18.8 Å². The van der Waals surface area contributed by atoms with E-state index >= 15 is 0 Å². The van der Waals surface area contributed by atoms with E-state index < -0.39 is 18.5 Å². The molecule has 1 amide bonds. The first-order valence-electron chi connectivity index (χ1n) is 10.6. The molecule has 0 aliphatic heterocycles. The summed E-state index contributed by atoms with van der Waals surface area (Å²) in [6, 6.07) is 0. The van der Waals surface area contributed by atoms with Crippen LogP contribution in [0.3, 0.4) is 0 Å². The molecule has 160 valence electrons. The number of amides is 1. The van der Waals surface area contributed by atoms with Gasteiger partial charge >= 0.3 is 11.9 Å². The predicted octanol–water partition coefficient (Wildman–Crippen LogP) is 2.78. The number of carbonyl (C=O) groups excluding carboxylic acids is 3. The van der Waals surface area contributed by atoms with Crippen molar-refractivity contribution in [3.63, 3.8) is 0 Å². The highest BCUT2D eigenvalue weighted by atomic mass is 16.6. The number of carbonyl (C=O) groups is 3. The van der Waals surface area contributed by atoms with Crippen molar-refractivity contribution in [1.82, 2.24) is 5.32 Å². The van der Waals surface area contributed by atoms with Crippen LogP contribution in [-0.4, -0.2) is 42.3 Å². The van der Waals surface area contributed by atoms with Crippen molar-refractivity contribution in [2.75, 3.05) is 6.61 Å². The number of rotatable bonds is 8. The van der Waals surface area contributed by atoms with Gasteiger partial charge in [-0.2, -0.15) is 0 Å². The van der Waals surface area contributed by atoms with Gasteiger partial charge in [0.05, 0.1) is 5.92 Å². The van der Waals surface area contributed by atoms with Crippen molar-refractivity contribution >= 4 is 24.1 Å². The minimum absolute atomic E-state index is 0.00999. The molecule has 0 heterocycles. The average molecular weight is 405 g/mol. The van der Waals surface area contributed by atoms with Gasteiger partial charge in [0.15, 0.2) is 6.61 Å². The summed E-state index contributed by atoms with van der Waals surface area (Å²) in [4.78, 5) is 36.8. The van der Waals surface area contributed by atoms with Crippen molar-refractivity contribution in [2.24, 2.45) is 23.7 Å². The maximum atomic E-state index is 13.2. The fourth-order valence-corrected chi connectivity index (χ4v) is 5.50. The lowest BCUT2D eigenvalue weighted by molar-refractivity contribution is -0.164. The fraction of sp³-hybridized carbons (Fsp3) is 0.727. The van der Waals surface area contributed by atoms with E-state index in [1.54, 1.807) is 0 Å². The third-order valence-electron chi connectivity index (χ3n) is 7.08. The molecule has 0 aromatic rings. The number of ether oxygens (including phenoxy) is 2. The lowest BCUT2D eigenvalue weighted by atomic mass is 9.77. The van der Waals surface area contributed by atoms with Gasteiger partial charge in [-0.25, -0.2) is 9.59 Å². The van der Waals surface area contributed by atoms with Crippen molar-refractivity contribution in [3.05, 3.63) is 12.2 Å². The topological polar surface area (TPSA) is 106 Å². The molecule has 0 radical (unpaired) electrons. The minimum Gasteiger partial charge on any atom is -0.460 e. The zero-order valence-electron chi connectivity index (χ0n) is 17.4. The van der Waals surface area contributed by atoms with E-state index in [1.165, 1.54) is 13.1 Å². The number of hydrogen-bond donors (Lipinski definition) is 2. The van der Waals surface area contributed by atoms with E-state index in [4.69, 9.17) is 14.9 Å². The van der Waals surface area contributed by atoms with E-state index in [9.17, 15) is 14.4 Å². The van der Waals surface area contributed by atoms with Crippen molar-refractivity contribution in [3.8, 4) is 0 Å². The molecule has 3 saturated carbocycles. The molecule has 5 unspecified atom stereocenters. The molecule has 5 atom stereocenters. The summed E-state index contributed by atoms with van der Waals surface area (Å²) in [6.45, 7) is 6.64. The molecule has 3 rings (SSSR count). The van der Waals surface area contributed by atoms with Crippen LogP contribution in [0.15, 0.2) is 12.2 Å². The largest absolute Gasteiger partial charge is 0.460 e. The lowest BCUT2D eigenvalue weighted by Gasteiger charge is -2.36. The molecule has 29 heavy (non-hydrogen) atoms. The minimum atomic E-state index is -0.627. The van der Waals surface area contributed by atoms with E-state index in [-0.39, 0.29) is 46.8 Å². The molecular weight excluding hydrogens is 372 g/mol. The van der Waals surface area contributed by atoms with Crippen LogP contribution in [0.5, 0.6) is 0 Å². The lowest BCUT2D eigenvalue weighted by Crippen LogP contribution is -2.52. The Morgan fingerprint density at radius 1 is 1.24 bits per heavy atom. The Hall–Kier alpha value is -2.18. The Bertz CT molecular complexity index is 697. The zero-order valence-corrected chi connectivity index (χ0v) is 17.4. The highest BCUT2D eigenvalue weighted by Gasteiger charge is 2.56. The van der Waals surface area contributed by atoms with Gasteiger partial charge in [0.1, 0.15) is 6.10 Å². The normalized spacial score (nSPS) is 31.9. The Morgan fingerprint density at radius 2 is 1.93 bits per heavy atom. The molecule has 0 aromatic carbocycles. The maximum absolute atomic E-state index is 13.2. The number of nitrogens with one attached hydrogen (secondary N) is 2. The highest BCUT2D eigenvalue weighted by molar-refractivity contribution is 5.88. The third kappa shape index (κ3) is 4.38. The Kier molecular flexibility index (Phi) is 6.44. The molecule has 7 nitrogen and oxygen atoms in total. The Morgan fingerprint density at radius 3 is 2.52 bits per heavy atom. The summed E-state index contributed by atoms with van der Waals surface area (Å²) in [5, 5.41) is 11.1. The van der Waals surface area contributed by atoms with Gasteiger partial charge in [-0.3, -0.25) is 4.79 Å². The molecule has 0 aromatic heterocycles. The second-order valence-electron chi connectivity index (χ2n) is 8.88. The van der Waals surface area contributed by atoms with Gasteiger partial charge in [-0.1, -0.05) is 26.3 Å². The molecule has 2 bridgehead atoms. The van der Waals surface area contributed by atoms with Crippen LogP contribution >= 0.6 is 0 Å². The van der Waals surface area contributed by atoms with Crippen LogP contribution in [0.1, 0.15) is 58.8 Å². The molecule has 7 heteroatoms. The van der Waals surface area contributed by atoms with Crippen LogP contribution in [0.25, 0.3) is 0 Å². The summed E-state index contributed by atoms with van der Waals surface area (Å²) in [7, 11) is 0. The molecule has 0 spiro atoms. The van der Waals surface area contributed by atoms with Gasteiger partial charge < -0.3 is 20.2 Å². The SMILES string of the molecule is C=C(C)C(=O)OCC(=O)OC1CC2CC1C(C(=O)NC1(CC)CCCC1)C2C=N. The quantitative estimate of drug-likeness (QED) is 0.368. The summed E-state index contributed by atoms with van der Waals surface area (Å²) in [5.74, 6) is -1.62. The van der Waals surface area contributed by atoms with Crippen LogP contribution in [0, 0.1) is 29.1 Å². The van der Waals surface area contributed by atoms with Crippen LogP contribution < -0.4 is 5.32 Å². The summed E-state index contributed by atoms with van der Waals surface area (Å²) in [5.41, 5.74) is 0.0917. The first-order chi connectivity index (χ1) is 13.8. The molecule has 3 aliphatic carbocycles. The zero-order chi connectivity index (χ0) is 21.2. The van der Waals surface area contributed by atoms with Gasteiger partial charge in [0, 0.05) is 22.9 Å². The van der Waals surface area contributed by atoms with Crippen LogP contribution in [-0.2, 0) is 23.9 Å². The van der Waals surface area contributed by atoms with Crippen molar-refractivity contribution < 1.29 is 23.9 Å². The number of esters is 2. The molecule has 3 aliphatic rings. The van der Waals surface area contributed by atoms with Crippen molar-refractivity contribution in [1.29, 1.82) is 5.41 Å². The second-order valence-corrected chi connectivity index (χ2v) is 8.88. The van der Waals surface area contributed by atoms with Gasteiger partial charge in [-0.15, -0.1) is 0 Å². The van der Waals surface area contributed by atoms with E-state index in [0.717, 1.165) is 38.5 Å².